The Balaban J connectivity index is 2.13. The molecule has 0 radical (unpaired) electrons. The highest BCUT2D eigenvalue weighted by Crippen LogP contribution is 2.40. The topological polar surface area (TPSA) is 56.5 Å². The van der Waals surface area contributed by atoms with E-state index in [2.05, 4.69) is 33.0 Å². The van der Waals surface area contributed by atoms with Crippen LogP contribution < -0.4 is 11.1 Å². The van der Waals surface area contributed by atoms with Gasteiger partial charge in [0.1, 0.15) is 0 Å². The van der Waals surface area contributed by atoms with Gasteiger partial charge < -0.3 is 20.4 Å². The second kappa shape index (κ2) is 3.70. The second-order valence-electron chi connectivity index (χ2n) is 6.07. The molecule has 0 amide bonds. The van der Waals surface area contributed by atoms with Gasteiger partial charge in [-0.1, -0.05) is 0 Å². The van der Waals surface area contributed by atoms with Gasteiger partial charge in [-0.25, -0.2) is 0 Å². The molecule has 2 heterocycles. The lowest BCUT2D eigenvalue weighted by molar-refractivity contribution is 0.00578. The summed E-state index contributed by atoms with van der Waals surface area (Å²) in [7, 11) is -0.278. The first-order valence-corrected chi connectivity index (χ1v) is 6.12. The van der Waals surface area contributed by atoms with Crippen molar-refractivity contribution in [2.24, 2.45) is 5.73 Å². The fraction of sp³-hybridized carbons (Fsp3) is 1.00. The standard InChI is InChI=1S/C11H23BN2O2/c1-9(2)10(3,4)16-12(15-9)11(13)5-7-14-8-6-11/h14H,5-8,13H2,1-4H3. The predicted molar refractivity (Wildman–Crippen MR) is 65.1 cm³/mol. The van der Waals surface area contributed by atoms with Crippen molar-refractivity contribution >= 4 is 7.12 Å². The van der Waals surface area contributed by atoms with Gasteiger partial charge >= 0.3 is 7.12 Å². The summed E-state index contributed by atoms with van der Waals surface area (Å²) in [5.41, 5.74) is 5.51. The van der Waals surface area contributed by atoms with Gasteiger partial charge in [-0.2, -0.15) is 0 Å². The quantitative estimate of drug-likeness (QED) is 0.646. The normalized spacial score (nSPS) is 31.7. The van der Waals surface area contributed by atoms with Crippen LogP contribution in [0.3, 0.4) is 0 Å². The zero-order valence-corrected chi connectivity index (χ0v) is 10.8. The SMILES string of the molecule is CC1(C)OB(C2(N)CCNCC2)OC1(C)C. The Morgan fingerprint density at radius 1 is 1.00 bits per heavy atom. The molecule has 0 saturated carbocycles. The second-order valence-corrected chi connectivity index (χ2v) is 6.07. The summed E-state index contributed by atoms with van der Waals surface area (Å²) in [6.45, 7) is 10.2. The van der Waals surface area contributed by atoms with Crippen molar-refractivity contribution in [2.45, 2.75) is 57.2 Å². The van der Waals surface area contributed by atoms with E-state index in [1.807, 2.05) is 0 Å². The van der Waals surface area contributed by atoms with Crippen LogP contribution in [0.5, 0.6) is 0 Å². The molecule has 0 bridgehead atoms. The molecular weight excluding hydrogens is 203 g/mol. The van der Waals surface area contributed by atoms with Gasteiger partial charge in [-0.05, 0) is 53.6 Å². The molecule has 2 aliphatic rings. The smallest absolute Gasteiger partial charge is 0.402 e. The molecule has 0 unspecified atom stereocenters. The van der Waals surface area contributed by atoms with Crippen molar-refractivity contribution in [3.05, 3.63) is 0 Å². The minimum atomic E-state index is -0.337. The van der Waals surface area contributed by atoms with E-state index in [1.165, 1.54) is 0 Å². The van der Waals surface area contributed by atoms with Gasteiger partial charge in [0, 0.05) is 0 Å². The van der Waals surface area contributed by atoms with Crippen molar-refractivity contribution in [1.82, 2.24) is 5.32 Å². The van der Waals surface area contributed by atoms with Crippen molar-refractivity contribution in [1.29, 1.82) is 0 Å². The highest BCUT2D eigenvalue weighted by atomic mass is 16.7. The van der Waals surface area contributed by atoms with Gasteiger partial charge in [0.2, 0.25) is 0 Å². The molecule has 2 fully saturated rings. The van der Waals surface area contributed by atoms with Gasteiger partial charge in [0.15, 0.2) is 0 Å². The zero-order chi connectivity index (χ0) is 12.0. The molecule has 92 valence electrons. The Morgan fingerprint density at radius 2 is 1.44 bits per heavy atom. The van der Waals surface area contributed by atoms with E-state index < -0.39 is 0 Å². The summed E-state index contributed by atoms with van der Waals surface area (Å²) in [5, 5.41) is 3.31. The summed E-state index contributed by atoms with van der Waals surface area (Å²) < 4.78 is 12.1. The molecule has 0 aromatic carbocycles. The Labute approximate surface area is 98.4 Å². The molecule has 0 atom stereocenters. The molecule has 0 aromatic heterocycles. The molecule has 5 heteroatoms. The summed E-state index contributed by atoms with van der Waals surface area (Å²) in [6, 6.07) is 0. The number of hydrogen-bond acceptors (Lipinski definition) is 4. The van der Waals surface area contributed by atoms with E-state index in [0.717, 1.165) is 25.9 Å². The van der Waals surface area contributed by atoms with Crippen LogP contribution in [0.2, 0.25) is 0 Å². The Hall–Kier alpha value is -0.0951. The summed E-state index contributed by atoms with van der Waals surface area (Å²) in [5.74, 6) is 0. The maximum absolute atomic E-state index is 6.42. The van der Waals surface area contributed by atoms with E-state index in [0.29, 0.717) is 0 Å². The third-order valence-corrected chi connectivity index (χ3v) is 4.26. The molecular formula is C11H23BN2O2. The number of nitrogens with one attached hydrogen (secondary N) is 1. The first-order chi connectivity index (χ1) is 7.27. The van der Waals surface area contributed by atoms with Gasteiger partial charge in [-0.3, -0.25) is 0 Å². The molecule has 16 heavy (non-hydrogen) atoms. The van der Waals surface area contributed by atoms with E-state index in [1.54, 1.807) is 0 Å². The molecule has 0 aromatic rings. The highest BCUT2D eigenvalue weighted by Gasteiger charge is 2.58. The van der Waals surface area contributed by atoms with Crippen LogP contribution in [0.25, 0.3) is 0 Å². The van der Waals surface area contributed by atoms with E-state index in [4.69, 9.17) is 15.0 Å². The van der Waals surface area contributed by atoms with Crippen molar-refractivity contribution < 1.29 is 9.31 Å². The highest BCUT2D eigenvalue weighted by molar-refractivity contribution is 6.49. The van der Waals surface area contributed by atoms with Gasteiger partial charge in [0.25, 0.3) is 0 Å². The van der Waals surface area contributed by atoms with Crippen molar-refractivity contribution in [3.8, 4) is 0 Å². The maximum Gasteiger partial charge on any atom is 0.479 e. The molecule has 0 aliphatic carbocycles. The van der Waals surface area contributed by atoms with Gasteiger partial charge in [0.05, 0.1) is 16.6 Å². The summed E-state index contributed by atoms with van der Waals surface area (Å²) in [4.78, 5) is 0. The van der Waals surface area contributed by atoms with Crippen LogP contribution in [0, 0.1) is 0 Å². The van der Waals surface area contributed by atoms with Crippen LogP contribution in [-0.2, 0) is 9.31 Å². The van der Waals surface area contributed by atoms with Crippen LogP contribution in [-0.4, -0.2) is 36.8 Å². The minimum Gasteiger partial charge on any atom is -0.402 e. The number of rotatable bonds is 1. The number of piperidine rings is 1. The average molecular weight is 226 g/mol. The number of hydrogen-bond donors (Lipinski definition) is 2. The lowest BCUT2D eigenvalue weighted by Crippen LogP contribution is -2.60. The third-order valence-electron chi connectivity index (χ3n) is 4.26. The fourth-order valence-electron chi connectivity index (χ4n) is 2.21. The third kappa shape index (κ3) is 1.90. The van der Waals surface area contributed by atoms with Gasteiger partial charge in [-0.15, -0.1) is 0 Å². The molecule has 2 saturated heterocycles. The number of nitrogens with two attached hydrogens (primary N) is 1. The predicted octanol–water partition coefficient (Wildman–Crippen LogP) is 0.699. The lowest BCUT2D eigenvalue weighted by Gasteiger charge is -2.35. The van der Waals surface area contributed by atoms with E-state index in [9.17, 15) is 0 Å². The largest absolute Gasteiger partial charge is 0.479 e. The molecule has 4 nitrogen and oxygen atoms in total. The van der Waals surface area contributed by atoms with Crippen molar-refractivity contribution in [3.63, 3.8) is 0 Å². The first-order valence-electron chi connectivity index (χ1n) is 6.12. The van der Waals surface area contributed by atoms with E-state index in [-0.39, 0.29) is 23.8 Å². The molecule has 0 spiro atoms. The molecule has 2 rings (SSSR count). The summed E-state index contributed by atoms with van der Waals surface area (Å²) in [6.07, 6.45) is 1.81. The van der Waals surface area contributed by atoms with Crippen molar-refractivity contribution in [2.75, 3.05) is 13.1 Å². The maximum atomic E-state index is 6.42. The summed E-state index contributed by atoms with van der Waals surface area (Å²) >= 11 is 0. The monoisotopic (exact) mass is 226 g/mol. The molecule has 3 N–H and O–H groups in total. The van der Waals surface area contributed by atoms with Crippen LogP contribution >= 0.6 is 0 Å². The fourth-order valence-corrected chi connectivity index (χ4v) is 2.21. The van der Waals surface area contributed by atoms with E-state index >= 15 is 0 Å². The zero-order valence-electron chi connectivity index (χ0n) is 10.8. The Bertz CT molecular complexity index is 259. The van der Waals surface area contributed by atoms with Crippen LogP contribution in [0.15, 0.2) is 0 Å². The Morgan fingerprint density at radius 3 is 1.88 bits per heavy atom. The lowest BCUT2D eigenvalue weighted by atomic mass is 9.60. The minimum absolute atomic E-state index is 0.278. The van der Waals surface area contributed by atoms with Crippen LogP contribution in [0.4, 0.5) is 0 Å². The first kappa shape index (κ1) is 12.4. The molecule has 2 aliphatic heterocycles. The van der Waals surface area contributed by atoms with Crippen LogP contribution in [0.1, 0.15) is 40.5 Å². The Kier molecular flexibility index (Phi) is 2.86. The average Bonchev–Trinajstić information content (AvgIpc) is 2.38.